The highest BCUT2D eigenvalue weighted by atomic mass is 32.2. The van der Waals surface area contributed by atoms with Crippen LogP contribution in [0.5, 0.6) is 0 Å². The van der Waals surface area contributed by atoms with Crippen molar-refractivity contribution in [1.82, 2.24) is 0 Å². The van der Waals surface area contributed by atoms with Crippen molar-refractivity contribution in [1.29, 1.82) is 0 Å². The molecule has 0 fully saturated rings. The molecule has 0 saturated heterocycles. The summed E-state index contributed by atoms with van der Waals surface area (Å²) in [7, 11) is -8.99. The zero-order chi connectivity index (χ0) is 24.1. The first-order valence-electron chi connectivity index (χ1n) is 9.14. The van der Waals surface area contributed by atoms with Crippen molar-refractivity contribution in [2.24, 2.45) is 0 Å². The third-order valence-corrected chi connectivity index (χ3v) is 6.44. The number of nitro groups is 2. The molecule has 174 valence electrons. The van der Waals surface area contributed by atoms with Gasteiger partial charge in [0.25, 0.3) is 31.6 Å². The van der Waals surface area contributed by atoms with Gasteiger partial charge in [-0.2, -0.15) is 16.8 Å². The third-order valence-electron chi connectivity index (χ3n) is 4.79. The van der Waals surface area contributed by atoms with Crippen LogP contribution >= 0.6 is 0 Å². The van der Waals surface area contributed by atoms with E-state index in [1.165, 1.54) is 36.4 Å². The predicted octanol–water partition coefficient (Wildman–Crippen LogP) is 2.93. The highest BCUT2D eigenvalue weighted by Crippen LogP contribution is 2.32. The van der Waals surface area contributed by atoms with Gasteiger partial charge >= 0.3 is 0 Å². The first-order valence-corrected chi connectivity index (χ1v) is 12.4. The lowest BCUT2D eigenvalue weighted by molar-refractivity contribution is -0.385. The fourth-order valence-corrected chi connectivity index (χ4v) is 5.12. The van der Waals surface area contributed by atoms with Crippen molar-refractivity contribution >= 4 is 31.6 Å². The summed E-state index contributed by atoms with van der Waals surface area (Å²) in [6.07, 6.45) is -0.103. The van der Waals surface area contributed by atoms with E-state index in [9.17, 15) is 46.2 Å². The zero-order valence-corrected chi connectivity index (χ0v) is 18.1. The summed E-state index contributed by atoms with van der Waals surface area (Å²) >= 11 is 0. The van der Waals surface area contributed by atoms with Gasteiger partial charge in [-0.3, -0.25) is 29.3 Å². The van der Waals surface area contributed by atoms with Crippen LogP contribution in [-0.4, -0.2) is 47.3 Å². The number of nitro benzene ring substituents is 2. The zero-order valence-electron chi connectivity index (χ0n) is 16.5. The van der Waals surface area contributed by atoms with Gasteiger partial charge in [0.05, 0.1) is 21.4 Å². The van der Waals surface area contributed by atoms with E-state index < -0.39 is 53.4 Å². The van der Waals surface area contributed by atoms with Crippen LogP contribution in [0.15, 0.2) is 48.5 Å². The van der Waals surface area contributed by atoms with Gasteiger partial charge in [0.2, 0.25) is 0 Å². The lowest BCUT2D eigenvalue weighted by atomic mass is 9.88. The van der Waals surface area contributed by atoms with E-state index >= 15 is 0 Å². The highest BCUT2D eigenvalue weighted by molar-refractivity contribution is 7.86. The molecule has 0 amide bonds. The number of benzene rings is 2. The van der Waals surface area contributed by atoms with Crippen LogP contribution < -0.4 is 0 Å². The number of hydrogen-bond donors (Lipinski definition) is 2. The molecule has 2 aromatic carbocycles. The van der Waals surface area contributed by atoms with E-state index in [0.717, 1.165) is 12.1 Å². The molecule has 2 N–H and O–H groups in total. The van der Waals surface area contributed by atoms with Gasteiger partial charge < -0.3 is 0 Å². The molecule has 0 aliphatic heterocycles. The first-order chi connectivity index (χ1) is 14.7. The van der Waals surface area contributed by atoms with Gasteiger partial charge in [-0.15, -0.1) is 0 Å². The molecule has 0 heterocycles. The molecule has 12 nitrogen and oxygen atoms in total. The van der Waals surface area contributed by atoms with Gasteiger partial charge in [0.1, 0.15) is 0 Å². The topological polar surface area (TPSA) is 195 Å². The van der Waals surface area contributed by atoms with Crippen LogP contribution in [0, 0.1) is 20.2 Å². The molecule has 0 aliphatic carbocycles. The molecule has 2 rings (SSSR count). The van der Waals surface area contributed by atoms with Crippen LogP contribution in [0.2, 0.25) is 0 Å². The van der Waals surface area contributed by atoms with Crippen molar-refractivity contribution in [2.45, 2.75) is 24.7 Å². The van der Waals surface area contributed by atoms with Crippen molar-refractivity contribution in [3.63, 3.8) is 0 Å². The maximum Gasteiger partial charge on any atom is 0.269 e. The lowest BCUT2D eigenvalue weighted by Crippen LogP contribution is -2.18. The third kappa shape index (κ3) is 7.96. The average molecular weight is 488 g/mol. The monoisotopic (exact) mass is 488 g/mol. The molecule has 0 aromatic heterocycles. The summed E-state index contributed by atoms with van der Waals surface area (Å²) in [5.41, 5.74) is -0.116. The van der Waals surface area contributed by atoms with Gasteiger partial charge in [0, 0.05) is 36.1 Å². The molecule has 0 radical (unpaired) electrons. The summed E-state index contributed by atoms with van der Waals surface area (Å²) in [5.74, 6) is -3.43. The SMILES string of the molecule is O=[N+]([O-])c1cccc(C(CCC(CS(=O)(=O)O)c2cccc([N+](=O)[O-])c2)CS(=O)(=O)O)c1. The van der Waals surface area contributed by atoms with Crippen LogP contribution in [0.4, 0.5) is 11.4 Å². The van der Waals surface area contributed by atoms with E-state index in [-0.39, 0.29) is 35.3 Å². The van der Waals surface area contributed by atoms with Crippen molar-refractivity contribution in [2.75, 3.05) is 11.5 Å². The van der Waals surface area contributed by atoms with Crippen LogP contribution in [0.3, 0.4) is 0 Å². The molecule has 32 heavy (non-hydrogen) atoms. The summed E-state index contributed by atoms with van der Waals surface area (Å²) in [5, 5.41) is 22.1. The van der Waals surface area contributed by atoms with Gasteiger partial charge in [-0.25, -0.2) is 0 Å². The molecule has 0 aliphatic rings. The molecule has 14 heteroatoms. The van der Waals surface area contributed by atoms with Gasteiger partial charge in [-0.1, -0.05) is 24.3 Å². The van der Waals surface area contributed by atoms with Crippen LogP contribution in [0.25, 0.3) is 0 Å². The van der Waals surface area contributed by atoms with E-state index in [2.05, 4.69) is 0 Å². The van der Waals surface area contributed by atoms with Gasteiger partial charge in [-0.05, 0) is 24.0 Å². The summed E-state index contributed by atoms with van der Waals surface area (Å²) in [6.45, 7) is 0. The Hall–Kier alpha value is -2.94. The molecule has 0 spiro atoms. The Morgan fingerprint density at radius 1 is 0.719 bits per heavy atom. The molecule has 0 bridgehead atoms. The molecule has 2 unspecified atom stereocenters. The van der Waals surface area contributed by atoms with Crippen LogP contribution in [-0.2, 0) is 20.2 Å². The van der Waals surface area contributed by atoms with Crippen LogP contribution in [0.1, 0.15) is 35.8 Å². The Kier molecular flexibility index (Phi) is 8.01. The van der Waals surface area contributed by atoms with E-state index in [4.69, 9.17) is 0 Å². The first kappa shape index (κ1) is 25.3. The minimum Gasteiger partial charge on any atom is -0.286 e. The largest absolute Gasteiger partial charge is 0.286 e. The lowest BCUT2D eigenvalue weighted by Gasteiger charge is -2.21. The predicted molar refractivity (Wildman–Crippen MR) is 114 cm³/mol. The van der Waals surface area contributed by atoms with Crippen molar-refractivity contribution < 1.29 is 35.8 Å². The molecule has 2 atom stereocenters. The smallest absolute Gasteiger partial charge is 0.269 e. The average Bonchev–Trinajstić information content (AvgIpc) is 2.68. The number of nitrogens with zero attached hydrogens (tertiary/aromatic N) is 2. The van der Waals surface area contributed by atoms with E-state index in [1.54, 1.807) is 0 Å². The second kappa shape index (κ2) is 10.1. The summed E-state index contributed by atoms with van der Waals surface area (Å²) in [6, 6.07) is 10.3. The summed E-state index contributed by atoms with van der Waals surface area (Å²) in [4.78, 5) is 20.8. The second-order valence-corrected chi connectivity index (χ2v) is 10.2. The minimum atomic E-state index is -4.50. The maximum atomic E-state index is 11.5. The van der Waals surface area contributed by atoms with Crippen molar-refractivity contribution in [3.8, 4) is 0 Å². The number of rotatable bonds is 11. The quantitative estimate of drug-likeness (QED) is 0.269. The molecular weight excluding hydrogens is 468 g/mol. The van der Waals surface area contributed by atoms with Gasteiger partial charge in [0.15, 0.2) is 0 Å². The second-order valence-electron chi connectivity index (χ2n) is 7.17. The standard InChI is InChI=1S/C18H20N2O10S2/c21-19(22)17-5-1-3-13(9-17)15(11-31(25,26)27)7-8-16(12-32(28,29)30)14-4-2-6-18(10-14)20(23)24/h1-6,9-10,15-16H,7-8,11-12H2,(H,25,26,27)(H,28,29,30). The number of non-ortho nitro benzene ring substituents is 2. The Morgan fingerprint density at radius 3 is 1.34 bits per heavy atom. The number of hydrogen-bond acceptors (Lipinski definition) is 8. The van der Waals surface area contributed by atoms with E-state index in [0.29, 0.717) is 0 Å². The summed E-state index contributed by atoms with van der Waals surface area (Å²) < 4.78 is 64.7. The highest BCUT2D eigenvalue weighted by Gasteiger charge is 2.26. The minimum absolute atomic E-state index is 0.0517. The Balaban J connectivity index is 2.39. The molecule has 0 saturated carbocycles. The fourth-order valence-electron chi connectivity index (χ4n) is 3.39. The van der Waals surface area contributed by atoms with Crippen molar-refractivity contribution in [3.05, 3.63) is 79.9 Å². The Morgan fingerprint density at radius 2 is 1.06 bits per heavy atom. The maximum absolute atomic E-state index is 11.5. The Bertz CT molecular complexity index is 1120. The van der Waals surface area contributed by atoms with E-state index in [1.807, 2.05) is 0 Å². The fraction of sp³-hybridized carbons (Fsp3) is 0.333. The Labute approximate surface area is 183 Å². The molecule has 2 aromatic rings. The molecular formula is C18H20N2O10S2. The normalized spacial score (nSPS) is 13.9.